The lowest BCUT2D eigenvalue weighted by Gasteiger charge is -2.10. The number of ether oxygens (including phenoxy) is 1. The molecule has 0 atom stereocenters. The lowest BCUT2D eigenvalue weighted by atomic mass is 10.1. The molecular weight excluding hydrogens is 270 g/mol. The van der Waals surface area contributed by atoms with Gasteiger partial charge in [-0.3, -0.25) is 0 Å². The Labute approximate surface area is 105 Å². The van der Waals surface area contributed by atoms with Crippen LogP contribution in [-0.2, 0) is 0 Å². The number of hydrogen-bond donors (Lipinski definition) is 1. The normalized spacial score (nSPS) is 10.6. The molecule has 1 N–H and O–H groups in total. The van der Waals surface area contributed by atoms with Gasteiger partial charge in [-0.2, -0.15) is 0 Å². The molecular formula is C11H18BrN3O. The Kier molecular flexibility index (Phi) is 5.52. The monoisotopic (exact) mass is 287 g/mol. The third-order valence-electron chi connectivity index (χ3n) is 2.04. The van der Waals surface area contributed by atoms with E-state index < -0.39 is 0 Å². The quantitative estimate of drug-likeness (QED) is 0.873. The summed E-state index contributed by atoms with van der Waals surface area (Å²) in [4.78, 5) is 8.22. The molecule has 0 unspecified atom stereocenters. The molecule has 0 fully saturated rings. The van der Waals surface area contributed by atoms with Crippen molar-refractivity contribution < 1.29 is 4.74 Å². The van der Waals surface area contributed by atoms with Gasteiger partial charge in [0.25, 0.3) is 0 Å². The Morgan fingerprint density at radius 2 is 2.19 bits per heavy atom. The molecule has 0 aromatic carbocycles. The second kappa shape index (κ2) is 6.68. The van der Waals surface area contributed by atoms with Crippen LogP contribution in [0.1, 0.15) is 27.2 Å². The van der Waals surface area contributed by atoms with E-state index in [1.54, 1.807) is 0 Å². The fourth-order valence-electron chi connectivity index (χ4n) is 1.14. The molecule has 0 bridgehead atoms. The molecule has 1 aromatic heterocycles. The average molecular weight is 288 g/mol. The van der Waals surface area contributed by atoms with E-state index in [0.717, 1.165) is 23.3 Å². The average Bonchev–Trinajstić information content (AvgIpc) is 2.23. The molecule has 5 heteroatoms. The molecule has 0 radical (unpaired) electrons. The predicted octanol–water partition coefficient (Wildman–Crippen LogP) is 3.10. The van der Waals surface area contributed by atoms with Gasteiger partial charge in [0.2, 0.25) is 5.88 Å². The number of anilines is 1. The molecule has 4 nitrogen and oxygen atoms in total. The summed E-state index contributed by atoms with van der Waals surface area (Å²) in [6, 6.07) is 0. The van der Waals surface area contributed by atoms with Crippen LogP contribution < -0.4 is 10.1 Å². The number of hydrogen-bond acceptors (Lipinski definition) is 4. The van der Waals surface area contributed by atoms with Crippen LogP contribution in [-0.4, -0.2) is 23.1 Å². The number of nitrogens with one attached hydrogen (secondary N) is 1. The minimum absolute atomic E-state index is 0.603. The molecule has 1 rings (SSSR count). The molecule has 1 heterocycles. The topological polar surface area (TPSA) is 47.0 Å². The van der Waals surface area contributed by atoms with E-state index in [9.17, 15) is 0 Å². The lowest BCUT2D eigenvalue weighted by Crippen LogP contribution is -2.06. The van der Waals surface area contributed by atoms with Crippen molar-refractivity contribution in [2.45, 2.75) is 27.2 Å². The minimum Gasteiger partial charge on any atom is -0.477 e. The third kappa shape index (κ3) is 3.96. The second-order valence-electron chi connectivity index (χ2n) is 3.90. The molecule has 0 saturated carbocycles. The molecule has 0 aliphatic heterocycles. The third-order valence-corrected chi connectivity index (χ3v) is 2.75. The first kappa shape index (κ1) is 13.2. The van der Waals surface area contributed by atoms with E-state index in [4.69, 9.17) is 4.74 Å². The van der Waals surface area contributed by atoms with E-state index in [2.05, 4.69) is 45.1 Å². The van der Waals surface area contributed by atoms with Gasteiger partial charge in [0.15, 0.2) is 0 Å². The summed E-state index contributed by atoms with van der Waals surface area (Å²) in [5.41, 5.74) is 0. The van der Waals surface area contributed by atoms with Crippen LogP contribution in [0.3, 0.4) is 0 Å². The smallest absolute Gasteiger partial charge is 0.233 e. The zero-order valence-corrected chi connectivity index (χ0v) is 11.5. The number of rotatable bonds is 6. The minimum atomic E-state index is 0.603. The van der Waals surface area contributed by atoms with E-state index in [0.29, 0.717) is 18.4 Å². The predicted molar refractivity (Wildman–Crippen MR) is 68.8 cm³/mol. The Hall–Kier alpha value is -0.840. The largest absolute Gasteiger partial charge is 0.477 e. The van der Waals surface area contributed by atoms with E-state index in [1.165, 1.54) is 6.33 Å². The summed E-state index contributed by atoms with van der Waals surface area (Å²) in [6.45, 7) is 7.86. The highest BCUT2D eigenvalue weighted by Crippen LogP contribution is 2.28. The van der Waals surface area contributed by atoms with Gasteiger partial charge in [-0.1, -0.05) is 13.8 Å². The summed E-state index contributed by atoms with van der Waals surface area (Å²) in [7, 11) is 0. The van der Waals surface area contributed by atoms with Gasteiger partial charge < -0.3 is 10.1 Å². The Bertz CT molecular complexity index is 331. The molecule has 16 heavy (non-hydrogen) atoms. The van der Waals surface area contributed by atoms with Crippen molar-refractivity contribution in [3.05, 3.63) is 10.8 Å². The zero-order chi connectivity index (χ0) is 12.0. The van der Waals surface area contributed by atoms with Crippen molar-refractivity contribution in [1.29, 1.82) is 0 Å². The summed E-state index contributed by atoms with van der Waals surface area (Å²) in [6.07, 6.45) is 2.53. The Balaban J connectivity index is 2.62. The van der Waals surface area contributed by atoms with Gasteiger partial charge in [-0.15, -0.1) is 0 Å². The second-order valence-corrected chi connectivity index (χ2v) is 4.70. The SMILES string of the molecule is CCNc1ncnc(OCCC(C)C)c1Br. The van der Waals surface area contributed by atoms with Crippen molar-refractivity contribution >= 4 is 21.7 Å². The van der Waals surface area contributed by atoms with Crippen LogP contribution in [0.5, 0.6) is 5.88 Å². The van der Waals surface area contributed by atoms with E-state index in [-0.39, 0.29) is 0 Å². The van der Waals surface area contributed by atoms with Crippen LogP contribution >= 0.6 is 15.9 Å². The number of nitrogens with zero attached hydrogens (tertiary/aromatic N) is 2. The molecule has 0 aliphatic carbocycles. The van der Waals surface area contributed by atoms with Gasteiger partial charge in [0, 0.05) is 6.54 Å². The molecule has 0 aliphatic rings. The first-order chi connectivity index (χ1) is 7.65. The van der Waals surface area contributed by atoms with Crippen molar-refractivity contribution in [2.24, 2.45) is 5.92 Å². The van der Waals surface area contributed by atoms with Crippen LogP contribution in [0, 0.1) is 5.92 Å². The highest BCUT2D eigenvalue weighted by Gasteiger charge is 2.09. The van der Waals surface area contributed by atoms with Crippen molar-refractivity contribution in [3.63, 3.8) is 0 Å². The summed E-state index contributed by atoms with van der Waals surface area (Å²) >= 11 is 3.44. The van der Waals surface area contributed by atoms with Gasteiger partial charge in [0.05, 0.1) is 6.61 Å². The van der Waals surface area contributed by atoms with Crippen LogP contribution in [0.25, 0.3) is 0 Å². The molecule has 90 valence electrons. The Morgan fingerprint density at radius 1 is 1.44 bits per heavy atom. The summed E-state index contributed by atoms with van der Waals surface area (Å²) in [5, 5.41) is 3.14. The van der Waals surface area contributed by atoms with E-state index in [1.807, 2.05) is 6.92 Å². The molecule has 0 spiro atoms. The maximum Gasteiger partial charge on any atom is 0.233 e. The Morgan fingerprint density at radius 3 is 2.81 bits per heavy atom. The highest BCUT2D eigenvalue weighted by molar-refractivity contribution is 9.10. The molecule has 0 amide bonds. The van der Waals surface area contributed by atoms with Gasteiger partial charge in [0.1, 0.15) is 16.6 Å². The standard InChI is InChI=1S/C11H18BrN3O/c1-4-13-10-9(12)11(15-7-14-10)16-6-5-8(2)3/h7-8H,4-6H2,1-3H3,(H,13,14,15). The first-order valence-electron chi connectivity index (χ1n) is 5.52. The summed E-state index contributed by atoms with van der Waals surface area (Å²) < 4.78 is 6.39. The maximum absolute atomic E-state index is 5.60. The summed E-state index contributed by atoms with van der Waals surface area (Å²) in [5.74, 6) is 2.01. The number of aromatic nitrogens is 2. The van der Waals surface area contributed by atoms with Crippen molar-refractivity contribution in [2.75, 3.05) is 18.5 Å². The molecule has 1 aromatic rings. The maximum atomic E-state index is 5.60. The fraction of sp³-hybridized carbons (Fsp3) is 0.636. The first-order valence-corrected chi connectivity index (χ1v) is 6.31. The van der Waals surface area contributed by atoms with Crippen LogP contribution in [0.15, 0.2) is 10.8 Å². The van der Waals surface area contributed by atoms with E-state index >= 15 is 0 Å². The van der Waals surface area contributed by atoms with Gasteiger partial charge in [-0.25, -0.2) is 9.97 Å². The highest BCUT2D eigenvalue weighted by atomic mass is 79.9. The van der Waals surface area contributed by atoms with Crippen LogP contribution in [0.2, 0.25) is 0 Å². The zero-order valence-electron chi connectivity index (χ0n) is 9.96. The van der Waals surface area contributed by atoms with Gasteiger partial charge >= 0.3 is 0 Å². The van der Waals surface area contributed by atoms with Crippen molar-refractivity contribution in [3.8, 4) is 5.88 Å². The van der Waals surface area contributed by atoms with Crippen LogP contribution in [0.4, 0.5) is 5.82 Å². The number of halogens is 1. The fourth-order valence-corrected chi connectivity index (χ4v) is 1.60. The van der Waals surface area contributed by atoms with Crippen molar-refractivity contribution in [1.82, 2.24) is 9.97 Å². The lowest BCUT2D eigenvalue weighted by molar-refractivity contribution is 0.277. The molecule has 0 saturated heterocycles. The van der Waals surface area contributed by atoms with Gasteiger partial charge in [-0.05, 0) is 35.2 Å².